The van der Waals surface area contributed by atoms with Crippen molar-refractivity contribution in [1.82, 2.24) is 10.2 Å². The molecule has 0 saturated carbocycles. The van der Waals surface area contributed by atoms with E-state index in [1.54, 1.807) is 0 Å². The van der Waals surface area contributed by atoms with Crippen LogP contribution in [0.3, 0.4) is 0 Å². The van der Waals surface area contributed by atoms with Crippen LogP contribution in [0.15, 0.2) is 72.8 Å². The van der Waals surface area contributed by atoms with Gasteiger partial charge in [-0.15, -0.1) is 0 Å². The smallest absolute Gasteiger partial charge is 0.246 e. The first-order chi connectivity index (χ1) is 16.1. The Hall–Kier alpha value is -2.99. The maximum Gasteiger partial charge on any atom is 0.246 e. The third-order valence-corrected chi connectivity index (χ3v) is 6.00. The zero-order chi connectivity index (χ0) is 23.0. The van der Waals surface area contributed by atoms with E-state index in [2.05, 4.69) is 45.9 Å². The van der Waals surface area contributed by atoms with Gasteiger partial charge in [0.2, 0.25) is 5.91 Å². The highest BCUT2D eigenvalue weighted by molar-refractivity contribution is 5.95. The second-order valence-electron chi connectivity index (χ2n) is 8.75. The number of carbonyl (C=O) groups excluding carboxylic acids is 1. The van der Waals surface area contributed by atoms with Crippen LogP contribution >= 0.6 is 0 Å². The summed E-state index contributed by atoms with van der Waals surface area (Å²) in [5.41, 5.74) is 6.54. The first kappa shape index (κ1) is 23.2. The molecular formula is C28H33N3O2. The van der Waals surface area contributed by atoms with Gasteiger partial charge >= 0.3 is 0 Å². The molecule has 1 heterocycles. The highest BCUT2D eigenvalue weighted by atomic mass is 16.5. The molecule has 0 radical (unpaired) electrons. The van der Waals surface area contributed by atoms with Crippen LogP contribution in [-0.4, -0.2) is 37.1 Å². The average molecular weight is 444 g/mol. The van der Waals surface area contributed by atoms with Crippen molar-refractivity contribution < 1.29 is 9.53 Å². The molecule has 3 aromatic carbocycles. The Morgan fingerprint density at radius 1 is 0.909 bits per heavy atom. The number of nitrogens with one attached hydrogen (secondary N) is 2. The van der Waals surface area contributed by atoms with Gasteiger partial charge in [-0.1, -0.05) is 60.7 Å². The SMILES string of the molecule is Cc1cc(C)cc(NC(=O)C(NCc2ccccc2CN2CCOCC2)c2ccccc2)c1. The summed E-state index contributed by atoms with van der Waals surface area (Å²) >= 11 is 0. The topological polar surface area (TPSA) is 53.6 Å². The number of hydrogen-bond donors (Lipinski definition) is 2. The maximum absolute atomic E-state index is 13.4. The normalized spacial score (nSPS) is 15.2. The van der Waals surface area contributed by atoms with Gasteiger partial charge in [-0.3, -0.25) is 15.0 Å². The lowest BCUT2D eigenvalue weighted by atomic mass is 10.0. The van der Waals surface area contributed by atoms with Crippen LogP contribution in [0.25, 0.3) is 0 Å². The van der Waals surface area contributed by atoms with Crippen LogP contribution in [0.5, 0.6) is 0 Å². The van der Waals surface area contributed by atoms with Crippen molar-refractivity contribution in [1.29, 1.82) is 0 Å². The van der Waals surface area contributed by atoms with E-state index in [4.69, 9.17) is 4.74 Å². The minimum absolute atomic E-state index is 0.0585. The fraction of sp³-hybridized carbons (Fsp3) is 0.321. The van der Waals surface area contributed by atoms with Gasteiger partial charge in [-0.05, 0) is 53.8 Å². The van der Waals surface area contributed by atoms with E-state index in [0.29, 0.717) is 6.54 Å². The van der Waals surface area contributed by atoms with Crippen molar-refractivity contribution >= 4 is 11.6 Å². The Balaban J connectivity index is 1.50. The summed E-state index contributed by atoms with van der Waals surface area (Å²) in [4.78, 5) is 15.8. The van der Waals surface area contributed by atoms with Gasteiger partial charge in [0.25, 0.3) is 0 Å². The molecule has 0 spiro atoms. The molecule has 2 N–H and O–H groups in total. The van der Waals surface area contributed by atoms with E-state index >= 15 is 0 Å². The van der Waals surface area contributed by atoms with Gasteiger partial charge in [-0.2, -0.15) is 0 Å². The first-order valence-corrected chi connectivity index (χ1v) is 11.6. The number of ether oxygens (including phenoxy) is 1. The number of aryl methyl sites for hydroxylation is 2. The van der Waals surface area contributed by atoms with Crippen molar-refractivity contribution in [3.05, 3.63) is 101 Å². The summed E-state index contributed by atoms with van der Waals surface area (Å²) in [6.07, 6.45) is 0. The molecule has 1 aliphatic heterocycles. The summed E-state index contributed by atoms with van der Waals surface area (Å²) in [5.74, 6) is -0.0585. The number of hydrogen-bond acceptors (Lipinski definition) is 4. The number of anilines is 1. The fourth-order valence-corrected chi connectivity index (χ4v) is 4.37. The molecule has 1 amide bonds. The Kier molecular flexibility index (Phi) is 7.89. The summed E-state index contributed by atoms with van der Waals surface area (Å²) < 4.78 is 5.49. The van der Waals surface area contributed by atoms with Crippen molar-refractivity contribution in [2.24, 2.45) is 0 Å². The van der Waals surface area contributed by atoms with Gasteiger partial charge in [0.15, 0.2) is 0 Å². The van der Waals surface area contributed by atoms with Gasteiger partial charge in [0, 0.05) is 31.9 Å². The molecule has 33 heavy (non-hydrogen) atoms. The molecule has 1 atom stereocenters. The van der Waals surface area contributed by atoms with Crippen LogP contribution in [0.4, 0.5) is 5.69 Å². The molecule has 1 saturated heterocycles. The summed E-state index contributed by atoms with van der Waals surface area (Å²) in [6, 6.07) is 24.0. The highest BCUT2D eigenvalue weighted by Gasteiger charge is 2.21. The fourth-order valence-electron chi connectivity index (χ4n) is 4.37. The van der Waals surface area contributed by atoms with Gasteiger partial charge in [0.05, 0.1) is 13.2 Å². The number of amides is 1. The molecule has 5 heteroatoms. The predicted octanol–water partition coefficient (Wildman–Crippen LogP) is 4.61. The van der Waals surface area contributed by atoms with Crippen molar-refractivity contribution in [2.75, 3.05) is 31.6 Å². The lowest BCUT2D eigenvalue weighted by Gasteiger charge is -2.27. The van der Waals surface area contributed by atoms with Crippen LogP contribution in [0.2, 0.25) is 0 Å². The van der Waals surface area contributed by atoms with E-state index in [-0.39, 0.29) is 5.91 Å². The molecule has 1 aliphatic rings. The van der Waals surface area contributed by atoms with E-state index in [9.17, 15) is 4.79 Å². The third-order valence-electron chi connectivity index (χ3n) is 6.00. The third kappa shape index (κ3) is 6.51. The van der Waals surface area contributed by atoms with Crippen LogP contribution in [0, 0.1) is 13.8 Å². The van der Waals surface area contributed by atoms with Gasteiger partial charge in [0.1, 0.15) is 6.04 Å². The van der Waals surface area contributed by atoms with Crippen LogP contribution < -0.4 is 10.6 Å². The summed E-state index contributed by atoms with van der Waals surface area (Å²) in [7, 11) is 0. The number of benzene rings is 3. The monoisotopic (exact) mass is 443 g/mol. The quantitative estimate of drug-likeness (QED) is 0.534. The van der Waals surface area contributed by atoms with Gasteiger partial charge < -0.3 is 10.1 Å². The zero-order valence-corrected chi connectivity index (χ0v) is 19.5. The van der Waals surface area contributed by atoms with E-state index < -0.39 is 6.04 Å². The minimum atomic E-state index is -0.455. The molecule has 0 aromatic heterocycles. The maximum atomic E-state index is 13.4. The molecule has 0 bridgehead atoms. The average Bonchev–Trinajstić information content (AvgIpc) is 2.81. The molecule has 5 nitrogen and oxygen atoms in total. The Morgan fingerprint density at radius 3 is 2.24 bits per heavy atom. The largest absolute Gasteiger partial charge is 0.379 e. The number of carbonyl (C=O) groups is 1. The number of nitrogens with zero attached hydrogens (tertiary/aromatic N) is 1. The lowest BCUT2D eigenvalue weighted by molar-refractivity contribution is -0.118. The standard InChI is InChI=1S/C28H33N3O2/c1-21-16-22(2)18-26(17-21)30-28(32)27(23-8-4-3-5-9-23)29-19-24-10-6-7-11-25(24)20-31-12-14-33-15-13-31/h3-11,16-18,27,29H,12-15,19-20H2,1-2H3,(H,30,32). The van der Waals surface area contributed by atoms with Crippen molar-refractivity contribution in [2.45, 2.75) is 33.0 Å². The first-order valence-electron chi connectivity index (χ1n) is 11.6. The number of rotatable bonds is 8. The van der Waals surface area contributed by atoms with Crippen molar-refractivity contribution in [3.8, 4) is 0 Å². The minimum Gasteiger partial charge on any atom is -0.379 e. The van der Waals surface area contributed by atoms with Crippen LogP contribution in [0.1, 0.15) is 33.9 Å². The second kappa shape index (κ2) is 11.2. The number of morpholine rings is 1. The second-order valence-corrected chi connectivity index (χ2v) is 8.75. The molecule has 0 aliphatic carbocycles. The Morgan fingerprint density at radius 2 is 1.55 bits per heavy atom. The summed E-state index contributed by atoms with van der Waals surface area (Å²) in [6.45, 7) is 9.07. The molecule has 4 rings (SSSR count). The van der Waals surface area contributed by atoms with E-state index in [1.165, 1.54) is 11.1 Å². The molecule has 1 unspecified atom stereocenters. The Labute approximate surface area is 196 Å². The molecule has 172 valence electrons. The lowest BCUT2D eigenvalue weighted by Crippen LogP contribution is -2.36. The predicted molar refractivity (Wildman–Crippen MR) is 133 cm³/mol. The molecular weight excluding hydrogens is 410 g/mol. The highest BCUT2D eigenvalue weighted by Crippen LogP contribution is 2.20. The van der Waals surface area contributed by atoms with E-state index in [1.807, 2.05) is 56.3 Å². The molecule has 1 fully saturated rings. The van der Waals surface area contributed by atoms with Crippen LogP contribution in [-0.2, 0) is 22.6 Å². The molecule has 3 aromatic rings. The van der Waals surface area contributed by atoms with E-state index in [0.717, 1.165) is 55.2 Å². The summed E-state index contributed by atoms with van der Waals surface area (Å²) in [5, 5.41) is 6.64. The zero-order valence-electron chi connectivity index (χ0n) is 19.5. The Bertz CT molecular complexity index is 1040. The van der Waals surface area contributed by atoms with Gasteiger partial charge in [-0.25, -0.2) is 0 Å². The van der Waals surface area contributed by atoms with Crippen molar-refractivity contribution in [3.63, 3.8) is 0 Å².